The molecule has 0 aromatic rings. The minimum atomic E-state index is -4.60. The molecule has 0 bridgehead atoms. The summed E-state index contributed by atoms with van der Waals surface area (Å²) in [6.45, 7) is 4.53. The van der Waals surface area contributed by atoms with Crippen molar-refractivity contribution in [1.82, 2.24) is 5.32 Å². The third kappa shape index (κ3) is 40.5. The van der Waals surface area contributed by atoms with Gasteiger partial charge in [0.25, 0.3) is 7.82 Å². The highest BCUT2D eigenvalue weighted by molar-refractivity contribution is 7.45. The number of amides is 1. The van der Waals surface area contributed by atoms with Crippen LogP contribution in [0.1, 0.15) is 187 Å². The van der Waals surface area contributed by atoms with Gasteiger partial charge in [0.05, 0.1) is 39.9 Å². The van der Waals surface area contributed by atoms with E-state index in [9.17, 15) is 19.4 Å². The van der Waals surface area contributed by atoms with Crippen LogP contribution in [0.25, 0.3) is 0 Å². The first-order chi connectivity index (χ1) is 26.5. The van der Waals surface area contributed by atoms with Gasteiger partial charge < -0.3 is 28.8 Å². The van der Waals surface area contributed by atoms with Crippen LogP contribution in [0.5, 0.6) is 0 Å². The molecule has 3 unspecified atom stereocenters. The highest BCUT2D eigenvalue weighted by Gasteiger charge is 2.23. The van der Waals surface area contributed by atoms with Gasteiger partial charge in [0, 0.05) is 6.42 Å². The smallest absolute Gasteiger partial charge is 0.268 e. The Labute approximate surface area is 339 Å². The van der Waals surface area contributed by atoms with Crippen molar-refractivity contribution in [3.63, 3.8) is 0 Å². The highest BCUT2D eigenvalue weighted by atomic mass is 31.2. The summed E-state index contributed by atoms with van der Waals surface area (Å²) in [6, 6.07) is -0.910. The lowest BCUT2D eigenvalue weighted by atomic mass is 10.0. The zero-order valence-corrected chi connectivity index (χ0v) is 37.3. The van der Waals surface area contributed by atoms with Crippen molar-refractivity contribution in [3.8, 4) is 0 Å². The summed E-state index contributed by atoms with van der Waals surface area (Å²) in [7, 11) is 1.23. The molecule has 9 heteroatoms. The predicted octanol–water partition coefficient (Wildman–Crippen LogP) is 11.8. The van der Waals surface area contributed by atoms with Gasteiger partial charge >= 0.3 is 0 Å². The Morgan fingerprint density at radius 3 is 1.55 bits per heavy atom. The van der Waals surface area contributed by atoms with Gasteiger partial charge in [-0.25, -0.2) is 0 Å². The molecule has 0 aliphatic heterocycles. The van der Waals surface area contributed by atoms with E-state index >= 15 is 0 Å². The zero-order chi connectivity index (χ0) is 40.7. The second-order valence-electron chi connectivity index (χ2n) is 16.4. The van der Waals surface area contributed by atoms with Crippen molar-refractivity contribution in [2.45, 2.75) is 199 Å². The van der Waals surface area contributed by atoms with E-state index in [-0.39, 0.29) is 12.5 Å². The minimum Gasteiger partial charge on any atom is -0.756 e. The second-order valence-corrected chi connectivity index (χ2v) is 17.8. The summed E-state index contributed by atoms with van der Waals surface area (Å²) in [4.78, 5) is 25.2. The van der Waals surface area contributed by atoms with Crippen LogP contribution in [0.2, 0.25) is 0 Å². The Bertz CT molecular complexity index is 1040. The fourth-order valence-corrected chi connectivity index (χ4v) is 6.85. The quantitative estimate of drug-likeness (QED) is 0.0277. The molecule has 0 fully saturated rings. The van der Waals surface area contributed by atoms with Crippen LogP contribution in [-0.4, -0.2) is 68.5 Å². The number of hydrogen-bond donors (Lipinski definition) is 2. The maximum atomic E-state index is 12.8. The number of nitrogens with zero attached hydrogens (tertiary/aromatic N) is 1. The Kier molecular flexibility index (Phi) is 36.9. The number of likely N-dealkylation sites (N-methyl/N-ethyl adjacent to an activating group) is 1. The van der Waals surface area contributed by atoms with Gasteiger partial charge in [-0.15, -0.1) is 0 Å². The summed E-state index contributed by atoms with van der Waals surface area (Å²) in [5.41, 5.74) is 0. The highest BCUT2D eigenvalue weighted by Crippen LogP contribution is 2.38. The first-order valence-corrected chi connectivity index (χ1v) is 24.0. The number of rotatable bonds is 40. The molecule has 0 saturated carbocycles. The lowest BCUT2D eigenvalue weighted by molar-refractivity contribution is -0.870. The summed E-state index contributed by atoms with van der Waals surface area (Å²) < 4.78 is 23.1. The molecule has 0 aliphatic carbocycles. The molecule has 55 heavy (non-hydrogen) atoms. The molecule has 1 amide bonds. The number of phosphoric ester groups is 1. The molecular formula is C46H87N2O6P. The first-order valence-electron chi connectivity index (χ1n) is 22.5. The van der Waals surface area contributed by atoms with Gasteiger partial charge in [0.2, 0.25) is 5.91 Å². The van der Waals surface area contributed by atoms with Crippen LogP contribution < -0.4 is 10.2 Å². The van der Waals surface area contributed by atoms with Crippen molar-refractivity contribution in [2.75, 3.05) is 40.9 Å². The van der Waals surface area contributed by atoms with Crippen molar-refractivity contribution >= 4 is 13.7 Å². The number of hydrogen-bond acceptors (Lipinski definition) is 6. The second kappa shape index (κ2) is 38.0. The molecule has 0 aromatic heterocycles. The average molecular weight is 795 g/mol. The fourth-order valence-electron chi connectivity index (χ4n) is 6.13. The van der Waals surface area contributed by atoms with E-state index in [1.165, 1.54) is 116 Å². The van der Waals surface area contributed by atoms with E-state index in [0.717, 1.165) is 51.4 Å². The van der Waals surface area contributed by atoms with Gasteiger partial charge in [-0.05, 0) is 64.2 Å². The summed E-state index contributed by atoms with van der Waals surface area (Å²) in [5.74, 6) is -0.219. The van der Waals surface area contributed by atoms with E-state index in [1.807, 2.05) is 27.2 Å². The van der Waals surface area contributed by atoms with Crippen LogP contribution in [0.15, 0.2) is 48.6 Å². The Morgan fingerprint density at radius 2 is 1.05 bits per heavy atom. The Balaban J connectivity index is 4.33. The number of carbonyl (C=O) groups excluding carboxylic acids is 1. The molecule has 3 atom stereocenters. The van der Waals surface area contributed by atoms with Gasteiger partial charge in [-0.2, -0.15) is 0 Å². The van der Waals surface area contributed by atoms with Crippen molar-refractivity contribution < 1.29 is 32.9 Å². The normalized spacial score (nSPS) is 14.8. The largest absolute Gasteiger partial charge is 0.756 e. The van der Waals surface area contributed by atoms with E-state index in [4.69, 9.17) is 9.05 Å². The van der Waals surface area contributed by atoms with Crippen LogP contribution >= 0.6 is 7.82 Å². The SMILES string of the molecule is CCC/C=C/CC/C=C/CC/C=C/C(O)C(COP(=O)([O-])OCC[N+](C)(C)C)NC(=O)CCCCCCCCC/C=C\CCCCCCCCCCCCC. The topological polar surface area (TPSA) is 108 Å². The van der Waals surface area contributed by atoms with E-state index in [1.54, 1.807) is 6.08 Å². The van der Waals surface area contributed by atoms with E-state index in [2.05, 4.69) is 55.6 Å². The summed E-state index contributed by atoms with van der Waals surface area (Å²) >= 11 is 0. The monoisotopic (exact) mass is 795 g/mol. The number of phosphoric acid groups is 1. The molecule has 0 aromatic carbocycles. The molecule has 0 spiro atoms. The predicted molar refractivity (Wildman–Crippen MR) is 233 cm³/mol. The molecule has 0 aliphatic rings. The molecule has 322 valence electrons. The van der Waals surface area contributed by atoms with Gasteiger partial charge in [-0.1, -0.05) is 165 Å². The lowest BCUT2D eigenvalue weighted by Crippen LogP contribution is -2.45. The molecular weight excluding hydrogens is 707 g/mol. The number of aliphatic hydroxyl groups is 1. The number of nitrogens with one attached hydrogen (secondary N) is 1. The van der Waals surface area contributed by atoms with Crippen LogP contribution in [0.4, 0.5) is 0 Å². The third-order valence-corrected chi connectivity index (χ3v) is 10.7. The average Bonchev–Trinajstić information content (AvgIpc) is 3.13. The van der Waals surface area contributed by atoms with Gasteiger partial charge in [0.1, 0.15) is 13.2 Å². The maximum Gasteiger partial charge on any atom is 0.268 e. The molecule has 0 saturated heterocycles. The Hall–Kier alpha value is -1.54. The minimum absolute atomic E-state index is 0.0111. The number of carbonyl (C=O) groups is 1. The fraction of sp³-hybridized carbons (Fsp3) is 0.804. The number of unbranched alkanes of at least 4 members (excludes halogenated alkanes) is 21. The van der Waals surface area contributed by atoms with Gasteiger partial charge in [-0.3, -0.25) is 9.36 Å². The van der Waals surface area contributed by atoms with Crippen LogP contribution in [-0.2, 0) is 18.4 Å². The summed E-state index contributed by atoms with van der Waals surface area (Å²) in [6.07, 6.45) is 47.4. The van der Waals surface area contributed by atoms with Gasteiger partial charge in [0.15, 0.2) is 0 Å². The molecule has 8 nitrogen and oxygen atoms in total. The lowest BCUT2D eigenvalue weighted by Gasteiger charge is -2.29. The van der Waals surface area contributed by atoms with Crippen molar-refractivity contribution in [3.05, 3.63) is 48.6 Å². The molecule has 0 radical (unpaired) electrons. The number of quaternary nitrogens is 1. The number of aliphatic hydroxyl groups excluding tert-OH is 1. The van der Waals surface area contributed by atoms with Crippen molar-refractivity contribution in [1.29, 1.82) is 0 Å². The maximum absolute atomic E-state index is 12.8. The summed E-state index contributed by atoms with van der Waals surface area (Å²) in [5, 5.41) is 13.7. The van der Waals surface area contributed by atoms with E-state index in [0.29, 0.717) is 17.4 Å². The Morgan fingerprint density at radius 1 is 0.618 bits per heavy atom. The van der Waals surface area contributed by atoms with E-state index < -0.39 is 26.6 Å². The van der Waals surface area contributed by atoms with Crippen LogP contribution in [0, 0.1) is 0 Å². The standard InChI is InChI=1S/C46H87N2O6P/c1-6-8-10-12-14-16-18-19-20-21-22-23-24-25-26-27-28-30-32-34-36-38-40-46(50)47-44(43-54-55(51,52)53-42-41-48(3,4)5)45(49)39-37-35-33-31-29-17-15-13-11-9-7-2/h11,13,24-25,29,31,37,39,44-45,49H,6-10,12,14-23,26-28,30,32-36,38,40-43H2,1-5H3,(H-,47,50,51,52)/b13-11+,25-24-,31-29+,39-37+. The van der Waals surface area contributed by atoms with Crippen molar-refractivity contribution in [2.24, 2.45) is 0 Å². The first kappa shape index (κ1) is 53.5. The molecule has 0 heterocycles. The third-order valence-electron chi connectivity index (χ3n) is 9.72. The van der Waals surface area contributed by atoms with Crippen LogP contribution in [0.3, 0.4) is 0 Å². The zero-order valence-electron chi connectivity index (χ0n) is 36.4. The molecule has 0 rings (SSSR count). The molecule has 2 N–H and O–H groups in total. The number of allylic oxidation sites excluding steroid dienone is 7.